The summed E-state index contributed by atoms with van der Waals surface area (Å²) >= 11 is 0. The lowest BCUT2D eigenvalue weighted by molar-refractivity contribution is -0.122. The molecule has 0 aliphatic carbocycles. The van der Waals surface area contributed by atoms with Gasteiger partial charge >= 0.3 is 0 Å². The van der Waals surface area contributed by atoms with E-state index >= 15 is 0 Å². The molecule has 0 unspecified atom stereocenters. The van der Waals surface area contributed by atoms with Crippen molar-refractivity contribution < 1.29 is 9.53 Å². The van der Waals surface area contributed by atoms with Crippen LogP contribution in [0.5, 0.6) is 0 Å². The van der Waals surface area contributed by atoms with Crippen molar-refractivity contribution in [2.45, 2.75) is 46.6 Å². The second-order valence-corrected chi connectivity index (χ2v) is 8.73. The molecule has 1 amide bonds. The van der Waals surface area contributed by atoms with E-state index in [1.165, 1.54) is 22.3 Å². The van der Waals surface area contributed by atoms with Crippen LogP contribution in [0.2, 0.25) is 0 Å². The molecule has 0 atom stereocenters. The maximum atomic E-state index is 11.9. The van der Waals surface area contributed by atoms with Crippen molar-refractivity contribution >= 4 is 5.91 Å². The number of amides is 1. The molecule has 1 saturated heterocycles. The average Bonchev–Trinajstić information content (AvgIpc) is 2.59. The molecule has 0 radical (unpaired) electrons. The fourth-order valence-electron chi connectivity index (χ4n) is 3.56. The number of aryl methyl sites for hydroxylation is 2. The maximum Gasteiger partial charge on any atom is 0.234 e. The molecule has 1 aromatic rings. The van der Waals surface area contributed by atoms with Gasteiger partial charge in [-0.2, -0.15) is 0 Å². The molecule has 1 heterocycles. The summed E-state index contributed by atoms with van der Waals surface area (Å²) in [6, 6.07) is 4.70. The lowest BCUT2D eigenvalue weighted by atomic mass is 9.83. The topological polar surface area (TPSA) is 44.8 Å². The van der Waals surface area contributed by atoms with E-state index in [0.29, 0.717) is 19.7 Å². The van der Waals surface area contributed by atoms with Crippen LogP contribution in [-0.4, -0.2) is 68.7 Å². The number of methoxy groups -OCH3 is 1. The smallest absolute Gasteiger partial charge is 0.234 e. The van der Waals surface area contributed by atoms with Gasteiger partial charge < -0.3 is 10.1 Å². The Labute approximate surface area is 165 Å². The third-order valence-electron chi connectivity index (χ3n) is 5.40. The minimum absolute atomic E-state index is 0.0879. The molecule has 1 aromatic carbocycles. The molecule has 27 heavy (non-hydrogen) atoms. The molecule has 0 aromatic heterocycles. The minimum Gasteiger partial charge on any atom is -0.383 e. The van der Waals surface area contributed by atoms with Gasteiger partial charge in [-0.15, -0.1) is 0 Å². The number of hydrogen-bond donors (Lipinski definition) is 1. The number of piperazine rings is 1. The van der Waals surface area contributed by atoms with E-state index in [1.54, 1.807) is 7.11 Å². The Morgan fingerprint density at radius 3 is 2.15 bits per heavy atom. The maximum absolute atomic E-state index is 11.9. The third-order valence-corrected chi connectivity index (χ3v) is 5.40. The van der Waals surface area contributed by atoms with Gasteiger partial charge in [0.25, 0.3) is 0 Å². The Kier molecular flexibility index (Phi) is 7.83. The summed E-state index contributed by atoms with van der Waals surface area (Å²) in [6.07, 6.45) is 0. The summed E-state index contributed by atoms with van der Waals surface area (Å²) in [7, 11) is 1.64. The first-order chi connectivity index (χ1) is 12.7. The van der Waals surface area contributed by atoms with Crippen LogP contribution in [0.15, 0.2) is 12.1 Å². The lowest BCUT2D eigenvalue weighted by Gasteiger charge is -2.35. The van der Waals surface area contributed by atoms with Crippen molar-refractivity contribution in [3.8, 4) is 0 Å². The number of hydrogen-bond acceptors (Lipinski definition) is 4. The quantitative estimate of drug-likeness (QED) is 0.744. The van der Waals surface area contributed by atoms with E-state index < -0.39 is 0 Å². The number of rotatable bonds is 7. The summed E-state index contributed by atoms with van der Waals surface area (Å²) in [6.45, 7) is 17.8. The first kappa shape index (κ1) is 21.9. The summed E-state index contributed by atoms with van der Waals surface area (Å²) in [5, 5.41) is 2.90. The number of carbonyl (C=O) groups excluding carboxylic acids is 1. The number of nitrogens with zero attached hydrogens (tertiary/aromatic N) is 2. The van der Waals surface area contributed by atoms with Crippen molar-refractivity contribution in [2.75, 3.05) is 53.0 Å². The Bertz CT molecular complexity index is 606. The highest BCUT2D eigenvalue weighted by Crippen LogP contribution is 2.27. The van der Waals surface area contributed by atoms with E-state index in [1.807, 2.05) is 0 Å². The normalized spacial score (nSPS) is 16.5. The van der Waals surface area contributed by atoms with Gasteiger partial charge in [-0.3, -0.25) is 14.6 Å². The summed E-state index contributed by atoms with van der Waals surface area (Å²) in [4.78, 5) is 16.7. The number of ether oxygens (including phenoxy) is 1. The second-order valence-electron chi connectivity index (χ2n) is 8.73. The zero-order valence-electron chi connectivity index (χ0n) is 18.0. The van der Waals surface area contributed by atoms with Crippen molar-refractivity contribution in [3.63, 3.8) is 0 Å². The van der Waals surface area contributed by atoms with Crippen LogP contribution in [0.1, 0.15) is 43.0 Å². The fourth-order valence-corrected chi connectivity index (χ4v) is 3.56. The highest BCUT2D eigenvalue weighted by molar-refractivity contribution is 5.78. The predicted molar refractivity (Wildman–Crippen MR) is 111 cm³/mol. The average molecular weight is 376 g/mol. The summed E-state index contributed by atoms with van der Waals surface area (Å²) in [5.41, 5.74) is 5.82. The Morgan fingerprint density at radius 1 is 1.07 bits per heavy atom. The van der Waals surface area contributed by atoms with Crippen LogP contribution in [0.4, 0.5) is 0 Å². The van der Waals surface area contributed by atoms with Gasteiger partial charge in [0.1, 0.15) is 0 Å². The lowest BCUT2D eigenvalue weighted by Crippen LogP contribution is -2.49. The van der Waals surface area contributed by atoms with Gasteiger partial charge in [0.2, 0.25) is 5.91 Å². The largest absolute Gasteiger partial charge is 0.383 e. The van der Waals surface area contributed by atoms with Gasteiger partial charge in [0.15, 0.2) is 0 Å². The second kappa shape index (κ2) is 9.67. The predicted octanol–water partition coefficient (Wildman–Crippen LogP) is 2.48. The first-order valence-corrected chi connectivity index (χ1v) is 10.0. The van der Waals surface area contributed by atoms with Crippen LogP contribution in [0.3, 0.4) is 0 Å². The van der Waals surface area contributed by atoms with Gasteiger partial charge in [0.05, 0.1) is 13.2 Å². The van der Waals surface area contributed by atoms with Crippen LogP contribution in [0.25, 0.3) is 0 Å². The van der Waals surface area contributed by atoms with E-state index in [-0.39, 0.29) is 11.3 Å². The SMILES string of the molecule is COCCNC(=O)CN1CCN(Cc2c(C)cc(C(C)(C)C)cc2C)CC1. The van der Waals surface area contributed by atoms with Crippen molar-refractivity contribution in [3.05, 3.63) is 34.4 Å². The third kappa shape index (κ3) is 6.59. The number of nitrogens with one attached hydrogen (secondary N) is 1. The molecule has 5 heteroatoms. The minimum atomic E-state index is 0.0879. The zero-order valence-corrected chi connectivity index (χ0v) is 18.0. The van der Waals surface area contributed by atoms with Gasteiger partial charge in [-0.25, -0.2) is 0 Å². The van der Waals surface area contributed by atoms with Crippen molar-refractivity contribution in [1.82, 2.24) is 15.1 Å². The molecule has 1 fully saturated rings. The zero-order chi connectivity index (χ0) is 20.0. The molecule has 0 bridgehead atoms. The molecule has 152 valence electrons. The van der Waals surface area contributed by atoms with E-state index in [2.05, 4.69) is 61.9 Å². The molecule has 2 rings (SSSR count). The molecular weight excluding hydrogens is 338 g/mol. The van der Waals surface area contributed by atoms with Gasteiger partial charge in [-0.1, -0.05) is 32.9 Å². The molecule has 1 aliphatic rings. The standard InChI is InChI=1S/C22H37N3O2/c1-17-13-19(22(3,4)5)14-18(2)20(17)15-24-8-10-25(11-9-24)16-21(26)23-7-12-27-6/h13-14H,7-12,15-16H2,1-6H3,(H,23,26). The Balaban J connectivity index is 1.86. The van der Waals surface area contributed by atoms with Crippen molar-refractivity contribution in [2.24, 2.45) is 0 Å². The van der Waals surface area contributed by atoms with E-state index in [4.69, 9.17) is 4.74 Å². The fraction of sp³-hybridized carbons (Fsp3) is 0.682. The Morgan fingerprint density at radius 2 is 1.63 bits per heavy atom. The Hall–Kier alpha value is -1.43. The number of carbonyl (C=O) groups is 1. The molecule has 0 saturated carbocycles. The van der Waals surface area contributed by atoms with Crippen LogP contribution in [0, 0.1) is 13.8 Å². The summed E-state index contributed by atoms with van der Waals surface area (Å²) in [5.74, 6) is 0.0879. The number of benzene rings is 1. The molecule has 1 N–H and O–H groups in total. The molecular formula is C22H37N3O2. The van der Waals surface area contributed by atoms with Gasteiger partial charge in [-0.05, 0) is 41.5 Å². The van der Waals surface area contributed by atoms with Gasteiger partial charge in [0, 0.05) is 46.4 Å². The van der Waals surface area contributed by atoms with Crippen LogP contribution in [-0.2, 0) is 21.5 Å². The molecule has 0 spiro atoms. The highest BCUT2D eigenvalue weighted by atomic mass is 16.5. The van der Waals surface area contributed by atoms with E-state index in [0.717, 1.165) is 32.7 Å². The van der Waals surface area contributed by atoms with Crippen LogP contribution < -0.4 is 5.32 Å². The highest BCUT2D eigenvalue weighted by Gasteiger charge is 2.21. The first-order valence-electron chi connectivity index (χ1n) is 10.0. The van der Waals surface area contributed by atoms with Crippen LogP contribution >= 0.6 is 0 Å². The molecule has 1 aliphatic heterocycles. The monoisotopic (exact) mass is 375 g/mol. The summed E-state index contributed by atoms with van der Waals surface area (Å²) < 4.78 is 4.96. The molecule has 5 nitrogen and oxygen atoms in total. The van der Waals surface area contributed by atoms with E-state index in [9.17, 15) is 4.79 Å². The van der Waals surface area contributed by atoms with Crippen molar-refractivity contribution in [1.29, 1.82) is 0 Å².